The number of sulfonamides is 1. The molecule has 0 spiro atoms. The number of hydrogen-bond donors (Lipinski definition) is 1. The van der Waals surface area contributed by atoms with Crippen molar-refractivity contribution in [1.82, 2.24) is 19.2 Å². The van der Waals surface area contributed by atoms with E-state index in [1.807, 2.05) is 43.0 Å². The maximum atomic E-state index is 13.3. The van der Waals surface area contributed by atoms with Crippen LogP contribution in [0, 0.1) is 0 Å². The summed E-state index contributed by atoms with van der Waals surface area (Å²) in [5.74, 6) is 0.884. The van der Waals surface area contributed by atoms with Crippen molar-refractivity contribution in [2.75, 3.05) is 31.1 Å². The van der Waals surface area contributed by atoms with E-state index in [1.165, 1.54) is 4.31 Å². The summed E-state index contributed by atoms with van der Waals surface area (Å²) in [6.45, 7) is 9.51. The standard InChI is InChI=1S/C26H35N5O3S/c1-4-16-30-24-12-11-21(35(33,34)29(5-2)6-3)18-22(24)28-25(30)13-14-26(32)31-17-15-27-19-20-9-7-8-10-23(20)31/h7-12,18,27H,4-6,13-17,19H2,1-3H3. The highest BCUT2D eigenvalue weighted by Gasteiger charge is 2.24. The van der Waals surface area contributed by atoms with Crippen molar-refractivity contribution in [2.45, 2.75) is 58.0 Å². The highest BCUT2D eigenvalue weighted by Crippen LogP contribution is 2.26. The first-order valence-corrected chi connectivity index (χ1v) is 13.9. The van der Waals surface area contributed by atoms with Crippen LogP contribution in [0.4, 0.5) is 5.69 Å². The highest BCUT2D eigenvalue weighted by atomic mass is 32.2. The number of benzene rings is 2. The minimum Gasteiger partial charge on any atom is -0.328 e. The summed E-state index contributed by atoms with van der Waals surface area (Å²) in [6.07, 6.45) is 1.75. The van der Waals surface area contributed by atoms with Gasteiger partial charge in [0.1, 0.15) is 5.82 Å². The Morgan fingerprint density at radius 1 is 1.11 bits per heavy atom. The lowest BCUT2D eigenvalue weighted by Gasteiger charge is -2.22. The Kier molecular flexibility index (Phi) is 7.88. The number of nitrogens with zero attached hydrogens (tertiary/aromatic N) is 4. The largest absolute Gasteiger partial charge is 0.328 e. The van der Waals surface area contributed by atoms with Gasteiger partial charge in [-0.15, -0.1) is 0 Å². The van der Waals surface area contributed by atoms with Crippen molar-refractivity contribution in [3.05, 3.63) is 53.9 Å². The topological polar surface area (TPSA) is 87.5 Å². The summed E-state index contributed by atoms with van der Waals surface area (Å²) in [5.41, 5.74) is 3.64. The number of anilines is 1. The Bertz CT molecular complexity index is 1300. The summed E-state index contributed by atoms with van der Waals surface area (Å²) in [7, 11) is -3.56. The molecule has 1 amide bonds. The molecule has 9 heteroatoms. The van der Waals surface area contributed by atoms with Gasteiger partial charge >= 0.3 is 0 Å². The van der Waals surface area contributed by atoms with Gasteiger partial charge in [0.25, 0.3) is 0 Å². The second-order valence-electron chi connectivity index (χ2n) is 8.77. The van der Waals surface area contributed by atoms with Crippen molar-refractivity contribution >= 4 is 32.7 Å². The second-order valence-corrected chi connectivity index (χ2v) is 10.7. The number of carbonyl (C=O) groups is 1. The molecule has 3 aromatic rings. The van der Waals surface area contributed by atoms with E-state index in [1.54, 1.807) is 12.1 Å². The van der Waals surface area contributed by atoms with Gasteiger partial charge in [-0.05, 0) is 36.2 Å². The molecular formula is C26H35N5O3S. The minimum absolute atomic E-state index is 0.0704. The number of para-hydroxylation sites is 1. The molecule has 0 saturated heterocycles. The fourth-order valence-electron chi connectivity index (χ4n) is 4.77. The third kappa shape index (κ3) is 5.12. The molecule has 2 aromatic carbocycles. The third-order valence-corrected chi connectivity index (χ3v) is 8.61. The maximum absolute atomic E-state index is 13.3. The van der Waals surface area contributed by atoms with E-state index < -0.39 is 10.0 Å². The Morgan fingerprint density at radius 2 is 1.89 bits per heavy atom. The number of hydrogen-bond acceptors (Lipinski definition) is 5. The molecule has 35 heavy (non-hydrogen) atoms. The molecule has 1 aliphatic rings. The Labute approximate surface area is 208 Å². The molecule has 0 saturated carbocycles. The van der Waals surface area contributed by atoms with E-state index in [-0.39, 0.29) is 10.8 Å². The van der Waals surface area contributed by atoms with Crippen molar-refractivity contribution in [3.8, 4) is 0 Å². The number of imidazole rings is 1. The Morgan fingerprint density at radius 3 is 2.63 bits per heavy atom. The first-order chi connectivity index (χ1) is 16.9. The molecule has 188 valence electrons. The normalized spacial score (nSPS) is 14.3. The van der Waals surface area contributed by atoms with Crippen LogP contribution < -0.4 is 10.2 Å². The minimum atomic E-state index is -3.56. The average molecular weight is 498 g/mol. The van der Waals surface area contributed by atoms with Crippen molar-refractivity contribution in [2.24, 2.45) is 0 Å². The quantitative estimate of drug-likeness (QED) is 0.489. The lowest BCUT2D eigenvalue weighted by atomic mass is 10.1. The number of aromatic nitrogens is 2. The molecule has 1 aliphatic heterocycles. The summed E-state index contributed by atoms with van der Waals surface area (Å²) in [5, 5.41) is 3.38. The van der Waals surface area contributed by atoms with Gasteiger partial charge in [0.15, 0.2) is 0 Å². The van der Waals surface area contributed by atoms with Gasteiger partial charge in [-0.1, -0.05) is 39.0 Å². The van der Waals surface area contributed by atoms with Gasteiger partial charge in [-0.3, -0.25) is 4.79 Å². The van der Waals surface area contributed by atoms with E-state index >= 15 is 0 Å². The van der Waals surface area contributed by atoms with Crippen LogP contribution in [0.15, 0.2) is 47.4 Å². The zero-order valence-corrected chi connectivity index (χ0v) is 21.6. The van der Waals surface area contributed by atoms with E-state index in [9.17, 15) is 13.2 Å². The van der Waals surface area contributed by atoms with Gasteiger partial charge in [-0.25, -0.2) is 13.4 Å². The zero-order valence-electron chi connectivity index (χ0n) is 20.8. The van der Waals surface area contributed by atoms with Crippen LogP contribution in [-0.2, 0) is 34.3 Å². The number of amides is 1. The number of carbonyl (C=O) groups excluding carboxylic acids is 1. The lowest BCUT2D eigenvalue weighted by molar-refractivity contribution is -0.118. The average Bonchev–Trinajstić information content (AvgIpc) is 3.05. The van der Waals surface area contributed by atoms with Crippen LogP contribution in [0.2, 0.25) is 0 Å². The van der Waals surface area contributed by atoms with Crippen molar-refractivity contribution in [3.63, 3.8) is 0 Å². The first kappa shape index (κ1) is 25.3. The zero-order chi connectivity index (χ0) is 25.0. The van der Waals surface area contributed by atoms with Gasteiger partial charge in [0.05, 0.1) is 15.9 Å². The first-order valence-electron chi connectivity index (χ1n) is 12.5. The van der Waals surface area contributed by atoms with E-state index in [2.05, 4.69) is 22.9 Å². The molecule has 8 nitrogen and oxygen atoms in total. The predicted octanol–water partition coefficient (Wildman–Crippen LogP) is 3.55. The molecule has 0 radical (unpaired) electrons. The van der Waals surface area contributed by atoms with Crippen LogP contribution in [0.1, 0.15) is 45.0 Å². The molecule has 2 heterocycles. The molecule has 1 N–H and O–H groups in total. The molecule has 1 aromatic heterocycles. The number of rotatable bonds is 9. The number of aryl methyl sites for hydroxylation is 2. The predicted molar refractivity (Wildman–Crippen MR) is 139 cm³/mol. The highest BCUT2D eigenvalue weighted by molar-refractivity contribution is 7.89. The number of nitrogens with one attached hydrogen (secondary N) is 1. The van der Waals surface area contributed by atoms with Crippen LogP contribution in [-0.4, -0.2) is 54.4 Å². The molecule has 0 atom stereocenters. The van der Waals surface area contributed by atoms with E-state index in [0.29, 0.717) is 38.0 Å². The van der Waals surface area contributed by atoms with Gasteiger partial charge in [0, 0.05) is 57.8 Å². The molecule has 0 bridgehead atoms. The maximum Gasteiger partial charge on any atom is 0.243 e. The monoisotopic (exact) mass is 497 g/mol. The Balaban J connectivity index is 1.60. The lowest BCUT2D eigenvalue weighted by Crippen LogP contribution is -2.35. The van der Waals surface area contributed by atoms with Crippen LogP contribution in [0.5, 0.6) is 0 Å². The van der Waals surface area contributed by atoms with Gasteiger partial charge in [0.2, 0.25) is 15.9 Å². The van der Waals surface area contributed by atoms with E-state index in [4.69, 9.17) is 4.98 Å². The molecule has 0 unspecified atom stereocenters. The molecule has 0 aliphatic carbocycles. The van der Waals surface area contributed by atoms with Crippen LogP contribution in [0.3, 0.4) is 0 Å². The van der Waals surface area contributed by atoms with Crippen molar-refractivity contribution < 1.29 is 13.2 Å². The fraction of sp³-hybridized carbons (Fsp3) is 0.462. The van der Waals surface area contributed by atoms with Gasteiger partial charge < -0.3 is 14.8 Å². The van der Waals surface area contributed by atoms with E-state index in [0.717, 1.165) is 48.6 Å². The van der Waals surface area contributed by atoms with Crippen molar-refractivity contribution in [1.29, 1.82) is 0 Å². The molecular weight excluding hydrogens is 462 g/mol. The van der Waals surface area contributed by atoms with Crippen LogP contribution in [0.25, 0.3) is 11.0 Å². The Hall–Kier alpha value is -2.75. The molecule has 0 fully saturated rings. The third-order valence-electron chi connectivity index (χ3n) is 6.56. The summed E-state index contributed by atoms with van der Waals surface area (Å²) < 4.78 is 29.6. The van der Waals surface area contributed by atoms with Crippen LogP contribution >= 0.6 is 0 Å². The summed E-state index contributed by atoms with van der Waals surface area (Å²) in [4.78, 5) is 20.2. The van der Waals surface area contributed by atoms with Gasteiger partial charge in [-0.2, -0.15) is 4.31 Å². The summed E-state index contributed by atoms with van der Waals surface area (Å²) in [6, 6.07) is 13.2. The second kappa shape index (κ2) is 10.9. The fourth-order valence-corrected chi connectivity index (χ4v) is 6.25. The molecule has 4 rings (SSSR count). The smallest absolute Gasteiger partial charge is 0.243 e. The SMILES string of the molecule is CCCn1c(CCC(=O)N2CCNCc3ccccc32)nc2cc(S(=O)(=O)N(CC)CC)ccc21. The number of fused-ring (bicyclic) bond motifs is 2. The summed E-state index contributed by atoms with van der Waals surface area (Å²) >= 11 is 0.